The Morgan fingerprint density at radius 3 is 2.23 bits per heavy atom. The van der Waals surface area contributed by atoms with Gasteiger partial charge in [-0.25, -0.2) is 9.78 Å². The van der Waals surface area contributed by atoms with Gasteiger partial charge >= 0.3 is 6.09 Å². The Kier molecular flexibility index (Phi) is 9.53. The van der Waals surface area contributed by atoms with E-state index in [0.29, 0.717) is 24.1 Å². The molecule has 1 heterocycles. The van der Waals surface area contributed by atoms with Crippen molar-refractivity contribution in [2.75, 3.05) is 44.6 Å². The molecule has 1 aromatic heterocycles. The van der Waals surface area contributed by atoms with E-state index in [2.05, 4.69) is 20.2 Å². The Labute approximate surface area is 235 Å². The fraction of sp³-hybridized carbons (Fsp3) is 0.258. The summed E-state index contributed by atoms with van der Waals surface area (Å²) >= 11 is 0. The van der Waals surface area contributed by atoms with E-state index < -0.39 is 6.09 Å². The van der Waals surface area contributed by atoms with Crippen LogP contribution in [0.1, 0.15) is 16.7 Å². The maximum atomic E-state index is 13.6. The zero-order valence-electron chi connectivity index (χ0n) is 23.5. The summed E-state index contributed by atoms with van der Waals surface area (Å²) < 4.78 is 16.9. The lowest BCUT2D eigenvalue weighted by atomic mass is 10.1. The van der Waals surface area contributed by atoms with E-state index >= 15 is 0 Å². The van der Waals surface area contributed by atoms with Gasteiger partial charge in [-0.2, -0.15) is 4.98 Å². The minimum atomic E-state index is -0.544. The molecule has 1 amide bonds. The fourth-order valence-electron chi connectivity index (χ4n) is 3.92. The Morgan fingerprint density at radius 1 is 0.900 bits per heavy atom. The van der Waals surface area contributed by atoms with Crippen molar-refractivity contribution in [1.82, 2.24) is 14.9 Å². The summed E-state index contributed by atoms with van der Waals surface area (Å²) in [6.45, 7) is 5.50. The first-order valence-corrected chi connectivity index (χ1v) is 13.0. The molecule has 0 spiro atoms. The number of carbonyl (C=O) groups is 1. The van der Waals surface area contributed by atoms with Crippen molar-refractivity contribution in [1.29, 1.82) is 0 Å². The summed E-state index contributed by atoms with van der Waals surface area (Å²) in [5.41, 5.74) is 3.42. The van der Waals surface area contributed by atoms with E-state index in [0.717, 1.165) is 40.4 Å². The van der Waals surface area contributed by atoms with Crippen LogP contribution in [0.5, 0.6) is 17.2 Å². The van der Waals surface area contributed by atoms with Crippen molar-refractivity contribution in [3.63, 3.8) is 0 Å². The van der Waals surface area contributed by atoms with E-state index in [9.17, 15) is 4.79 Å². The summed E-state index contributed by atoms with van der Waals surface area (Å²) in [6.07, 6.45) is 1.06. The van der Waals surface area contributed by atoms with E-state index in [1.807, 2.05) is 94.7 Å². The summed E-state index contributed by atoms with van der Waals surface area (Å²) in [4.78, 5) is 26.1. The minimum absolute atomic E-state index is 0.239. The van der Waals surface area contributed by atoms with Crippen molar-refractivity contribution in [2.24, 2.45) is 0 Å². The molecule has 0 bridgehead atoms. The third kappa shape index (κ3) is 7.70. The molecular formula is C31H35N5O4. The highest BCUT2D eigenvalue weighted by atomic mass is 16.6. The lowest BCUT2D eigenvalue weighted by molar-refractivity contribution is 0.206. The maximum Gasteiger partial charge on any atom is 0.421 e. The molecule has 0 saturated heterocycles. The summed E-state index contributed by atoms with van der Waals surface area (Å²) in [5, 5.41) is 3.21. The zero-order chi connectivity index (χ0) is 28.5. The van der Waals surface area contributed by atoms with Gasteiger partial charge in [0.15, 0.2) is 0 Å². The number of amides is 1. The van der Waals surface area contributed by atoms with E-state index in [4.69, 9.17) is 14.2 Å². The van der Waals surface area contributed by atoms with Crippen molar-refractivity contribution < 1.29 is 19.0 Å². The standard InChI is InChI=1S/C31H35N5O4/c1-22-7-6-8-23(2)29(22)40-31(37)36(21-24-9-13-26(38-5)14-10-24)28-17-18-32-30(34-28)33-25-11-15-27(16-12-25)39-20-19-35(3)4/h6-18H,19-21H2,1-5H3,(H,32,33,34). The molecule has 208 valence electrons. The molecule has 9 heteroatoms. The van der Waals surface area contributed by atoms with Gasteiger partial charge in [-0.3, -0.25) is 4.90 Å². The molecule has 0 radical (unpaired) electrons. The number of likely N-dealkylation sites (N-methyl/N-ethyl adjacent to an activating group) is 1. The number of carbonyl (C=O) groups excluding carboxylic acids is 1. The highest BCUT2D eigenvalue weighted by Gasteiger charge is 2.22. The van der Waals surface area contributed by atoms with Crippen molar-refractivity contribution >= 4 is 23.5 Å². The molecule has 0 aliphatic carbocycles. The smallest absolute Gasteiger partial charge is 0.421 e. The molecule has 1 N–H and O–H groups in total. The van der Waals surface area contributed by atoms with Crippen LogP contribution in [0.3, 0.4) is 0 Å². The summed E-state index contributed by atoms with van der Waals surface area (Å²) in [7, 11) is 5.63. The molecule has 0 atom stereocenters. The molecule has 9 nitrogen and oxygen atoms in total. The maximum absolute atomic E-state index is 13.6. The van der Waals surface area contributed by atoms with Gasteiger partial charge in [0.2, 0.25) is 5.95 Å². The normalized spacial score (nSPS) is 10.8. The second-order valence-electron chi connectivity index (χ2n) is 9.56. The largest absolute Gasteiger partial charge is 0.497 e. The van der Waals surface area contributed by atoms with Crippen molar-refractivity contribution in [2.45, 2.75) is 20.4 Å². The van der Waals surface area contributed by atoms with E-state index in [-0.39, 0.29) is 6.54 Å². The van der Waals surface area contributed by atoms with Gasteiger partial charge in [-0.15, -0.1) is 0 Å². The topological polar surface area (TPSA) is 89.0 Å². The zero-order valence-corrected chi connectivity index (χ0v) is 23.5. The average Bonchev–Trinajstić information content (AvgIpc) is 2.95. The molecule has 0 fully saturated rings. The highest BCUT2D eigenvalue weighted by molar-refractivity contribution is 5.88. The molecule has 40 heavy (non-hydrogen) atoms. The second kappa shape index (κ2) is 13.4. The van der Waals surface area contributed by atoms with E-state index in [1.54, 1.807) is 19.4 Å². The fourth-order valence-corrected chi connectivity index (χ4v) is 3.92. The number of benzene rings is 3. The van der Waals surface area contributed by atoms with Gasteiger partial charge < -0.3 is 24.4 Å². The predicted octanol–water partition coefficient (Wildman–Crippen LogP) is 5.99. The van der Waals surface area contributed by atoms with Crippen LogP contribution < -0.4 is 24.4 Å². The van der Waals surface area contributed by atoms with Crippen LogP contribution in [-0.4, -0.2) is 55.3 Å². The molecule has 0 aliphatic rings. The monoisotopic (exact) mass is 541 g/mol. The van der Waals surface area contributed by atoms with Gasteiger partial charge in [-0.1, -0.05) is 30.3 Å². The van der Waals surface area contributed by atoms with Crippen molar-refractivity contribution in [3.05, 3.63) is 95.7 Å². The van der Waals surface area contributed by atoms with Crippen LogP contribution >= 0.6 is 0 Å². The van der Waals surface area contributed by atoms with Crippen LogP contribution in [0.4, 0.5) is 22.2 Å². The van der Waals surface area contributed by atoms with E-state index in [1.165, 1.54) is 4.90 Å². The second-order valence-corrected chi connectivity index (χ2v) is 9.56. The number of hydrogen-bond acceptors (Lipinski definition) is 8. The van der Waals surface area contributed by atoms with Gasteiger partial charge in [-0.05, 0) is 87.1 Å². The minimum Gasteiger partial charge on any atom is -0.497 e. The van der Waals surface area contributed by atoms with Gasteiger partial charge in [0.1, 0.15) is 29.7 Å². The molecule has 0 unspecified atom stereocenters. The first-order valence-electron chi connectivity index (χ1n) is 13.0. The van der Waals surface area contributed by atoms with Crippen LogP contribution in [0.2, 0.25) is 0 Å². The van der Waals surface area contributed by atoms with Crippen LogP contribution in [0, 0.1) is 13.8 Å². The number of aromatic nitrogens is 2. The quantitative estimate of drug-likeness (QED) is 0.248. The predicted molar refractivity (Wildman–Crippen MR) is 157 cm³/mol. The molecule has 0 saturated carbocycles. The molecule has 0 aliphatic heterocycles. The summed E-state index contributed by atoms with van der Waals surface area (Å²) in [6, 6.07) is 22.5. The molecule has 3 aromatic carbocycles. The van der Waals surface area contributed by atoms with Crippen molar-refractivity contribution in [3.8, 4) is 17.2 Å². The van der Waals surface area contributed by atoms with Gasteiger partial charge in [0.05, 0.1) is 13.7 Å². The Morgan fingerprint density at radius 2 is 1.57 bits per heavy atom. The SMILES string of the molecule is COc1ccc(CN(C(=O)Oc2c(C)cccc2C)c2ccnc(Nc3ccc(OCCN(C)C)cc3)n2)cc1. The number of hydrogen-bond donors (Lipinski definition) is 1. The highest BCUT2D eigenvalue weighted by Crippen LogP contribution is 2.26. The Hall–Kier alpha value is -4.63. The van der Waals surface area contributed by atoms with Gasteiger partial charge in [0.25, 0.3) is 0 Å². The molecule has 4 aromatic rings. The van der Waals surface area contributed by atoms with Crippen LogP contribution in [-0.2, 0) is 6.54 Å². The Balaban J connectivity index is 1.55. The lowest BCUT2D eigenvalue weighted by Crippen LogP contribution is -2.34. The number of para-hydroxylation sites is 1. The first-order chi connectivity index (χ1) is 19.3. The third-order valence-corrected chi connectivity index (χ3v) is 6.15. The number of anilines is 3. The number of nitrogens with zero attached hydrogens (tertiary/aromatic N) is 4. The van der Waals surface area contributed by atoms with Crippen LogP contribution in [0.15, 0.2) is 79.0 Å². The number of nitrogens with one attached hydrogen (secondary N) is 1. The third-order valence-electron chi connectivity index (χ3n) is 6.15. The molecular weight excluding hydrogens is 506 g/mol. The number of aryl methyl sites for hydroxylation is 2. The molecule has 4 rings (SSSR count). The first kappa shape index (κ1) is 28.4. The Bertz CT molecular complexity index is 1390. The van der Waals surface area contributed by atoms with Crippen LogP contribution in [0.25, 0.3) is 0 Å². The number of ether oxygens (including phenoxy) is 3. The lowest BCUT2D eigenvalue weighted by Gasteiger charge is -2.23. The summed E-state index contributed by atoms with van der Waals surface area (Å²) in [5.74, 6) is 2.79. The van der Waals surface area contributed by atoms with Gasteiger partial charge in [0, 0.05) is 18.4 Å². The number of methoxy groups -OCH3 is 1. The number of rotatable bonds is 11. The average molecular weight is 542 g/mol.